The maximum absolute atomic E-state index is 12.6. The van der Waals surface area contributed by atoms with Crippen LogP contribution in [0.4, 0.5) is 5.82 Å². The first-order valence-electron chi connectivity index (χ1n) is 8.24. The van der Waals surface area contributed by atoms with E-state index in [0.29, 0.717) is 11.4 Å². The Hall–Kier alpha value is -3.22. The van der Waals surface area contributed by atoms with Crippen molar-refractivity contribution in [3.05, 3.63) is 60.4 Å². The van der Waals surface area contributed by atoms with E-state index in [4.69, 9.17) is 0 Å². The van der Waals surface area contributed by atoms with Gasteiger partial charge in [-0.1, -0.05) is 36.4 Å². The predicted molar refractivity (Wildman–Crippen MR) is 94.1 cm³/mol. The summed E-state index contributed by atoms with van der Waals surface area (Å²) >= 11 is 0. The minimum Gasteiger partial charge on any atom is -0.354 e. The lowest BCUT2D eigenvalue weighted by atomic mass is 10.1. The van der Waals surface area contributed by atoms with Gasteiger partial charge in [-0.15, -0.1) is 0 Å². The van der Waals surface area contributed by atoms with Gasteiger partial charge in [0.15, 0.2) is 5.69 Å². The molecule has 1 unspecified atom stereocenters. The smallest absolute Gasteiger partial charge is 0.274 e. The van der Waals surface area contributed by atoms with Gasteiger partial charge in [0.05, 0.1) is 0 Å². The van der Waals surface area contributed by atoms with Crippen LogP contribution in [0.15, 0.2) is 54.7 Å². The zero-order chi connectivity index (χ0) is 17.1. The van der Waals surface area contributed by atoms with Gasteiger partial charge < -0.3 is 10.2 Å². The second kappa shape index (κ2) is 6.72. The summed E-state index contributed by atoms with van der Waals surface area (Å²) in [5, 5.41) is 13.8. The molecule has 7 nitrogen and oxygen atoms in total. The average Bonchev–Trinajstić information content (AvgIpc) is 3.33. The fraction of sp³-hybridized carbons (Fsp3) is 0.222. The number of amides is 1. The fourth-order valence-corrected chi connectivity index (χ4v) is 3.07. The number of aromatic amines is 1. The molecule has 1 aromatic carbocycles. The van der Waals surface area contributed by atoms with Crippen molar-refractivity contribution >= 4 is 11.7 Å². The molecule has 0 aliphatic carbocycles. The van der Waals surface area contributed by atoms with E-state index in [1.807, 2.05) is 48.5 Å². The molecule has 3 heterocycles. The highest BCUT2D eigenvalue weighted by molar-refractivity contribution is 5.98. The maximum Gasteiger partial charge on any atom is 0.274 e. The van der Waals surface area contributed by atoms with E-state index in [1.165, 1.54) is 0 Å². The molecule has 7 heteroatoms. The molecule has 2 N–H and O–H groups in total. The fourth-order valence-electron chi connectivity index (χ4n) is 3.07. The summed E-state index contributed by atoms with van der Waals surface area (Å²) in [6.07, 6.45) is 2.66. The Bertz CT molecular complexity index is 848. The normalized spacial score (nSPS) is 16.8. The number of H-pyrrole nitrogens is 1. The van der Waals surface area contributed by atoms with Gasteiger partial charge in [0.2, 0.25) is 0 Å². The zero-order valence-corrected chi connectivity index (χ0v) is 13.6. The molecule has 0 saturated carbocycles. The summed E-state index contributed by atoms with van der Waals surface area (Å²) in [6, 6.07) is 15.5. The van der Waals surface area contributed by atoms with Gasteiger partial charge in [-0.05, 0) is 18.6 Å². The highest BCUT2D eigenvalue weighted by Crippen LogP contribution is 2.20. The lowest BCUT2D eigenvalue weighted by molar-refractivity contribution is 0.0936. The molecule has 0 spiro atoms. The number of anilines is 1. The molecule has 1 amide bonds. The molecule has 2 aromatic heterocycles. The number of hydrogen-bond acceptors (Lipinski definition) is 5. The number of nitrogens with one attached hydrogen (secondary N) is 2. The first-order valence-corrected chi connectivity index (χ1v) is 8.24. The minimum absolute atomic E-state index is 0.0647. The van der Waals surface area contributed by atoms with Crippen molar-refractivity contribution in [3.8, 4) is 11.3 Å². The van der Waals surface area contributed by atoms with Crippen LogP contribution >= 0.6 is 0 Å². The molecule has 1 atom stereocenters. The van der Waals surface area contributed by atoms with Crippen LogP contribution in [0.25, 0.3) is 11.3 Å². The summed E-state index contributed by atoms with van der Waals surface area (Å²) in [4.78, 5) is 19.2. The third-order valence-corrected chi connectivity index (χ3v) is 4.31. The first kappa shape index (κ1) is 15.3. The molecule has 1 saturated heterocycles. The van der Waals surface area contributed by atoms with Gasteiger partial charge in [0, 0.05) is 30.9 Å². The third-order valence-electron chi connectivity index (χ3n) is 4.31. The van der Waals surface area contributed by atoms with Crippen LogP contribution in [0, 0.1) is 0 Å². The van der Waals surface area contributed by atoms with Crippen molar-refractivity contribution in [2.24, 2.45) is 0 Å². The standard InChI is InChI=1S/C18H18N6O/c25-18(17-16(21-23-22-17)13-6-2-1-3-7-13)20-14-9-11-24(12-14)15-8-4-5-10-19-15/h1-8,10,14H,9,11-12H2,(H,20,25)(H,21,22,23). The zero-order valence-electron chi connectivity index (χ0n) is 13.6. The van der Waals surface area contributed by atoms with Gasteiger partial charge in [-0.25, -0.2) is 4.98 Å². The van der Waals surface area contributed by atoms with Gasteiger partial charge >= 0.3 is 0 Å². The Morgan fingerprint density at radius 2 is 1.96 bits per heavy atom. The van der Waals surface area contributed by atoms with Gasteiger partial charge in [-0.2, -0.15) is 15.4 Å². The number of carbonyl (C=O) groups excluding carboxylic acids is 1. The van der Waals surface area contributed by atoms with Crippen LogP contribution < -0.4 is 10.2 Å². The van der Waals surface area contributed by atoms with Crippen molar-refractivity contribution in [3.63, 3.8) is 0 Å². The van der Waals surface area contributed by atoms with Crippen LogP contribution in [-0.2, 0) is 0 Å². The Balaban J connectivity index is 1.45. The molecule has 0 radical (unpaired) electrons. The molecular formula is C18H18N6O. The van der Waals surface area contributed by atoms with Crippen molar-refractivity contribution in [2.45, 2.75) is 12.5 Å². The highest BCUT2D eigenvalue weighted by atomic mass is 16.2. The largest absolute Gasteiger partial charge is 0.354 e. The van der Waals surface area contributed by atoms with Crippen LogP contribution in [0.3, 0.4) is 0 Å². The Labute approximate surface area is 145 Å². The van der Waals surface area contributed by atoms with Crippen molar-refractivity contribution in [1.82, 2.24) is 25.7 Å². The van der Waals surface area contributed by atoms with Gasteiger partial charge in [0.25, 0.3) is 5.91 Å². The quantitative estimate of drug-likeness (QED) is 0.761. The minimum atomic E-state index is -0.208. The van der Waals surface area contributed by atoms with Gasteiger partial charge in [0.1, 0.15) is 11.5 Å². The van der Waals surface area contributed by atoms with Crippen molar-refractivity contribution in [1.29, 1.82) is 0 Å². The number of aromatic nitrogens is 4. The van der Waals surface area contributed by atoms with Crippen LogP contribution in [0.2, 0.25) is 0 Å². The van der Waals surface area contributed by atoms with Crippen LogP contribution in [0.1, 0.15) is 16.9 Å². The summed E-state index contributed by atoms with van der Waals surface area (Å²) in [7, 11) is 0. The lowest BCUT2D eigenvalue weighted by Crippen LogP contribution is -2.37. The van der Waals surface area contributed by atoms with Crippen molar-refractivity contribution in [2.75, 3.05) is 18.0 Å². The SMILES string of the molecule is O=C(NC1CCN(c2ccccn2)C1)c1n[nH]nc1-c1ccccc1. The topological polar surface area (TPSA) is 86.8 Å². The summed E-state index contributed by atoms with van der Waals surface area (Å²) in [5.41, 5.74) is 1.75. The summed E-state index contributed by atoms with van der Waals surface area (Å²) < 4.78 is 0. The summed E-state index contributed by atoms with van der Waals surface area (Å²) in [5.74, 6) is 0.728. The van der Waals surface area contributed by atoms with E-state index in [1.54, 1.807) is 6.20 Å². The average molecular weight is 334 g/mol. The second-order valence-corrected chi connectivity index (χ2v) is 5.98. The molecular weight excluding hydrogens is 316 g/mol. The van der Waals surface area contributed by atoms with E-state index in [0.717, 1.165) is 30.9 Å². The number of benzene rings is 1. The molecule has 1 aliphatic heterocycles. The molecule has 3 aromatic rings. The van der Waals surface area contributed by atoms with E-state index in [-0.39, 0.29) is 11.9 Å². The van der Waals surface area contributed by atoms with E-state index >= 15 is 0 Å². The summed E-state index contributed by atoms with van der Waals surface area (Å²) in [6.45, 7) is 1.60. The maximum atomic E-state index is 12.6. The van der Waals surface area contributed by atoms with Crippen molar-refractivity contribution < 1.29 is 4.79 Å². The molecule has 126 valence electrons. The Morgan fingerprint density at radius 1 is 1.12 bits per heavy atom. The first-order chi connectivity index (χ1) is 12.3. The molecule has 25 heavy (non-hydrogen) atoms. The number of hydrogen-bond donors (Lipinski definition) is 2. The number of rotatable bonds is 4. The lowest BCUT2D eigenvalue weighted by Gasteiger charge is -2.17. The Morgan fingerprint density at radius 3 is 2.76 bits per heavy atom. The highest BCUT2D eigenvalue weighted by Gasteiger charge is 2.27. The third kappa shape index (κ3) is 3.21. The second-order valence-electron chi connectivity index (χ2n) is 5.98. The molecule has 0 bridgehead atoms. The number of nitrogens with zero attached hydrogens (tertiary/aromatic N) is 4. The molecule has 4 rings (SSSR count). The monoisotopic (exact) mass is 334 g/mol. The predicted octanol–water partition coefficient (Wildman–Crippen LogP) is 1.88. The van der Waals surface area contributed by atoms with Crippen LogP contribution in [-0.4, -0.2) is 45.4 Å². The molecule has 1 fully saturated rings. The van der Waals surface area contributed by atoms with Crippen LogP contribution in [0.5, 0.6) is 0 Å². The Kier molecular flexibility index (Phi) is 4.12. The van der Waals surface area contributed by atoms with E-state index in [2.05, 4.69) is 30.6 Å². The number of pyridine rings is 1. The number of carbonyl (C=O) groups is 1. The van der Waals surface area contributed by atoms with Gasteiger partial charge in [-0.3, -0.25) is 4.79 Å². The molecule has 1 aliphatic rings. The van der Waals surface area contributed by atoms with E-state index < -0.39 is 0 Å². The van der Waals surface area contributed by atoms with E-state index in [9.17, 15) is 4.79 Å².